The first-order chi connectivity index (χ1) is 15.7. The first-order valence-corrected chi connectivity index (χ1v) is 12.3. The summed E-state index contributed by atoms with van der Waals surface area (Å²) in [6, 6.07) is 20.0. The second-order valence-electron chi connectivity index (χ2n) is 8.22. The summed E-state index contributed by atoms with van der Waals surface area (Å²) in [5.41, 5.74) is 3.48. The Morgan fingerprint density at radius 3 is 2.21 bits per heavy atom. The lowest BCUT2D eigenvalue weighted by Crippen LogP contribution is -2.47. The summed E-state index contributed by atoms with van der Waals surface area (Å²) < 4.78 is 28.4. The summed E-state index contributed by atoms with van der Waals surface area (Å²) in [5, 5.41) is 9.83. The first kappa shape index (κ1) is 22.7. The third-order valence-electron chi connectivity index (χ3n) is 5.85. The van der Waals surface area contributed by atoms with Crippen LogP contribution in [0.4, 0.5) is 17.1 Å². The van der Waals surface area contributed by atoms with Gasteiger partial charge in [-0.05, 0) is 61.4 Å². The van der Waals surface area contributed by atoms with E-state index >= 15 is 0 Å². The summed E-state index contributed by atoms with van der Waals surface area (Å²) in [6.45, 7) is 6.43. The number of sulfonamides is 1. The number of carboxylic acids is 1. The number of nitrogens with one attached hydrogen (secondary N) is 1. The van der Waals surface area contributed by atoms with Crippen LogP contribution in [0.15, 0.2) is 71.6 Å². The predicted molar refractivity (Wildman–Crippen MR) is 131 cm³/mol. The number of hydrogen-bond donors (Lipinski definition) is 2. The number of hydrogen-bond acceptors (Lipinski definition) is 5. The van der Waals surface area contributed by atoms with Crippen LogP contribution in [0.1, 0.15) is 21.5 Å². The van der Waals surface area contributed by atoms with Gasteiger partial charge >= 0.3 is 5.97 Å². The molecule has 172 valence electrons. The molecule has 1 saturated heterocycles. The highest BCUT2D eigenvalue weighted by Crippen LogP contribution is 2.28. The van der Waals surface area contributed by atoms with Gasteiger partial charge in [-0.15, -0.1) is 0 Å². The lowest BCUT2D eigenvalue weighted by atomic mass is 10.1. The number of aryl methyl sites for hydroxylation is 2. The number of para-hydroxylation sites is 1. The van der Waals surface area contributed by atoms with E-state index in [-0.39, 0.29) is 16.1 Å². The van der Waals surface area contributed by atoms with Crippen molar-refractivity contribution in [1.29, 1.82) is 0 Å². The molecule has 1 aliphatic heterocycles. The average Bonchev–Trinajstić information content (AvgIpc) is 2.81. The second kappa shape index (κ2) is 9.15. The van der Waals surface area contributed by atoms with E-state index in [0.29, 0.717) is 24.3 Å². The number of carbonyl (C=O) groups is 1. The second-order valence-corrected chi connectivity index (χ2v) is 9.87. The molecule has 0 saturated carbocycles. The highest BCUT2D eigenvalue weighted by molar-refractivity contribution is 7.92. The molecule has 8 heteroatoms. The third-order valence-corrected chi connectivity index (χ3v) is 7.38. The molecule has 0 amide bonds. The minimum atomic E-state index is -3.85. The maximum absolute atomic E-state index is 12.9. The molecule has 1 heterocycles. The molecule has 0 spiro atoms. The fourth-order valence-electron chi connectivity index (χ4n) is 4.10. The van der Waals surface area contributed by atoms with Crippen molar-refractivity contribution in [2.45, 2.75) is 18.7 Å². The SMILES string of the molecule is Cc1ccc(C)c(S(=O)(=O)Nc2ccc(N3CCN(c4ccccc4)CC3)c(C(=O)O)c2)c1. The maximum Gasteiger partial charge on any atom is 0.337 e. The van der Waals surface area contributed by atoms with E-state index in [1.807, 2.05) is 36.1 Å². The first-order valence-electron chi connectivity index (χ1n) is 10.8. The van der Waals surface area contributed by atoms with Crippen molar-refractivity contribution >= 4 is 33.1 Å². The van der Waals surface area contributed by atoms with Gasteiger partial charge < -0.3 is 14.9 Å². The summed E-state index contributed by atoms with van der Waals surface area (Å²) in [5.74, 6) is -1.09. The minimum absolute atomic E-state index is 0.0734. The molecule has 0 radical (unpaired) electrons. The summed E-state index contributed by atoms with van der Waals surface area (Å²) >= 11 is 0. The molecule has 33 heavy (non-hydrogen) atoms. The van der Waals surface area contributed by atoms with Gasteiger partial charge in [-0.3, -0.25) is 4.72 Å². The Kier molecular flexibility index (Phi) is 6.29. The van der Waals surface area contributed by atoms with Crippen LogP contribution in [0, 0.1) is 13.8 Å². The number of piperazine rings is 1. The van der Waals surface area contributed by atoms with Gasteiger partial charge in [-0.2, -0.15) is 0 Å². The van der Waals surface area contributed by atoms with Crippen LogP contribution >= 0.6 is 0 Å². The Morgan fingerprint density at radius 2 is 1.55 bits per heavy atom. The molecule has 0 unspecified atom stereocenters. The number of aromatic carboxylic acids is 1. The highest BCUT2D eigenvalue weighted by Gasteiger charge is 2.23. The van der Waals surface area contributed by atoms with Crippen molar-refractivity contribution in [3.05, 3.63) is 83.4 Å². The fraction of sp³-hybridized carbons (Fsp3) is 0.240. The third kappa shape index (κ3) is 4.96. The smallest absolute Gasteiger partial charge is 0.337 e. The summed E-state index contributed by atoms with van der Waals surface area (Å²) in [7, 11) is -3.85. The molecule has 1 fully saturated rings. The summed E-state index contributed by atoms with van der Waals surface area (Å²) in [4.78, 5) is 16.5. The molecule has 3 aromatic carbocycles. The van der Waals surface area contributed by atoms with Gasteiger partial charge in [0, 0.05) is 37.6 Å². The standard InChI is InChI=1S/C25H27N3O4S/c1-18-8-9-19(2)24(16-18)33(31,32)26-20-10-11-23(22(17-20)25(29)30)28-14-12-27(13-15-28)21-6-4-3-5-7-21/h3-11,16-17,26H,12-15H2,1-2H3,(H,29,30). The van der Waals surface area contributed by atoms with Crippen LogP contribution in [0.5, 0.6) is 0 Å². The Hall–Kier alpha value is -3.52. The molecule has 0 bridgehead atoms. The van der Waals surface area contributed by atoms with E-state index < -0.39 is 16.0 Å². The molecule has 0 aromatic heterocycles. The molecule has 1 aliphatic rings. The Labute approximate surface area is 194 Å². The van der Waals surface area contributed by atoms with Gasteiger partial charge in [0.2, 0.25) is 0 Å². The van der Waals surface area contributed by atoms with Crippen molar-refractivity contribution < 1.29 is 18.3 Å². The van der Waals surface area contributed by atoms with E-state index in [4.69, 9.17) is 0 Å². The van der Waals surface area contributed by atoms with Gasteiger partial charge in [-0.1, -0.05) is 30.3 Å². The van der Waals surface area contributed by atoms with Crippen LogP contribution < -0.4 is 14.5 Å². The maximum atomic E-state index is 12.9. The van der Waals surface area contributed by atoms with Crippen LogP contribution in [0.3, 0.4) is 0 Å². The molecular formula is C25H27N3O4S. The van der Waals surface area contributed by atoms with Gasteiger partial charge in [0.25, 0.3) is 10.0 Å². The summed E-state index contributed by atoms with van der Waals surface area (Å²) in [6.07, 6.45) is 0. The van der Waals surface area contributed by atoms with Crippen LogP contribution in [0.25, 0.3) is 0 Å². The molecule has 2 N–H and O–H groups in total. The molecular weight excluding hydrogens is 438 g/mol. The van der Waals surface area contributed by atoms with Crippen molar-refractivity contribution in [1.82, 2.24) is 0 Å². The Bertz CT molecular complexity index is 1270. The molecule has 0 atom stereocenters. The van der Waals surface area contributed by atoms with Crippen molar-refractivity contribution in [3.63, 3.8) is 0 Å². The predicted octanol–water partition coefficient (Wildman–Crippen LogP) is 4.13. The highest BCUT2D eigenvalue weighted by atomic mass is 32.2. The van der Waals surface area contributed by atoms with Crippen LogP contribution in [-0.4, -0.2) is 45.7 Å². The Balaban J connectivity index is 1.55. The molecule has 0 aliphatic carbocycles. The monoisotopic (exact) mass is 465 g/mol. The normalized spacial score (nSPS) is 14.2. The average molecular weight is 466 g/mol. The van der Waals surface area contributed by atoms with Crippen molar-refractivity contribution in [2.24, 2.45) is 0 Å². The molecule has 3 aromatic rings. The lowest BCUT2D eigenvalue weighted by Gasteiger charge is -2.38. The van der Waals surface area contributed by atoms with Gasteiger partial charge in [0.05, 0.1) is 16.1 Å². The number of benzene rings is 3. The Morgan fingerprint density at radius 1 is 0.879 bits per heavy atom. The zero-order valence-electron chi connectivity index (χ0n) is 18.7. The van der Waals surface area contributed by atoms with Crippen molar-refractivity contribution in [2.75, 3.05) is 40.7 Å². The van der Waals surface area contributed by atoms with E-state index in [9.17, 15) is 18.3 Å². The van der Waals surface area contributed by atoms with Crippen LogP contribution in [0.2, 0.25) is 0 Å². The number of carboxylic acid groups (broad SMARTS) is 1. The van der Waals surface area contributed by atoms with Gasteiger partial charge in [0.1, 0.15) is 0 Å². The van der Waals surface area contributed by atoms with E-state index in [0.717, 1.165) is 24.3 Å². The van der Waals surface area contributed by atoms with E-state index in [1.54, 1.807) is 31.2 Å². The zero-order valence-corrected chi connectivity index (χ0v) is 19.5. The minimum Gasteiger partial charge on any atom is -0.478 e. The fourth-order valence-corrected chi connectivity index (χ4v) is 5.48. The largest absolute Gasteiger partial charge is 0.478 e. The zero-order chi connectivity index (χ0) is 23.6. The van der Waals surface area contributed by atoms with Crippen LogP contribution in [-0.2, 0) is 10.0 Å². The molecule has 7 nitrogen and oxygen atoms in total. The number of nitrogens with zero attached hydrogens (tertiary/aromatic N) is 2. The molecule has 4 rings (SSSR count). The van der Waals surface area contributed by atoms with Crippen molar-refractivity contribution in [3.8, 4) is 0 Å². The lowest BCUT2D eigenvalue weighted by molar-refractivity contribution is 0.0697. The van der Waals surface area contributed by atoms with E-state index in [1.165, 1.54) is 6.07 Å². The van der Waals surface area contributed by atoms with Gasteiger partial charge in [-0.25, -0.2) is 13.2 Å². The number of anilines is 3. The van der Waals surface area contributed by atoms with Gasteiger partial charge in [0.15, 0.2) is 0 Å². The quantitative estimate of drug-likeness (QED) is 0.569. The van der Waals surface area contributed by atoms with E-state index in [2.05, 4.69) is 21.8 Å². The number of rotatable bonds is 6. The topological polar surface area (TPSA) is 90.0 Å².